The Hall–Kier alpha value is -2.40. The summed E-state index contributed by atoms with van der Waals surface area (Å²) >= 11 is 5.86. The summed E-state index contributed by atoms with van der Waals surface area (Å²) in [6.07, 6.45) is 3.02. The van der Waals surface area contributed by atoms with E-state index in [1.807, 2.05) is 0 Å². The molecule has 0 aliphatic rings. The number of carbonyl (C=O) groups is 1. The molecule has 5 nitrogen and oxygen atoms in total. The number of pyridine rings is 1. The molecular weight excluding hydrogens is 278 g/mol. The first-order chi connectivity index (χ1) is 9.58. The van der Waals surface area contributed by atoms with E-state index < -0.39 is 0 Å². The average molecular weight is 290 g/mol. The smallest absolute Gasteiger partial charge is 0.272 e. The van der Waals surface area contributed by atoms with Gasteiger partial charge in [-0.25, -0.2) is 5.43 Å². The minimum absolute atomic E-state index is 0.0475. The summed E-state index contributed by atoms with van der Waals surface area (Å²) in [6, 6.07) is 7.91. The number of halogens is 1. The molecule has 6 heteroatoms. The maximum atomic E-state index is 11.8. The number of aromatic hydroxyl groups is 1. The number of carbonyl (C=O) groups excluding carboxylic acids is 1. The highest BCUT2D eigenvalue weighted by molar-refractivity contribution is 6.31. The van der Waals surface area contributed by atoms with Crippen LogP contribution in [0.15, 0.2) is 47.8 Å². The van der Waals surface area contributed by atoms with Crippen molar-refractivity contribution in [3.05, 3.63) is 58.9 Å². The van der Waals surface area contributed by atoms with Crippen LogP contribution in [0, 0.1) is 0 Å². The van der Waals surface area contributed by atoms with Gasteiger partial charge in [0, 0.05) is 23.0 Å². The van der Waals surface area contributed by atoms with Crippen molar-refractivity contribution in [2.45, 2.75) is 6.92 Å². The van der Waals surface area contributed by atoms with Crippen LogP contribution in [0.1, 0.15) is 22.8 Å². The van der Waals surface area contributed by atoms with Gasteiger partial charge in [0.1, 0.15) is 5.75 Å². The van der Waals surface area contributed by atoms with Crippen molar-refractivity contribution in [1.82, 2.24) is 10.4 Å². The number of hydrogen-bond donors (Lipinski definition) is 2. The normalized spacial score (nSPS) is 11.2. The zero-order chi connectivity index (χ0) is 14.5. The summed E-state index contributed by atoms with van der Waals surface area (Å²) in [5.74, 6) is -0.328. The lowest BCUT2D eigenvalue weighted by atomic mass is 10.1. The van der Waals surface area contributed by atoms with E-state index in [-0.39, 0.29) is 11.7 Å². The summed E-state index contributed by atoms with van der Waals surface area (Å²) in [5.41, 5.74) is 3.71. The molecule has 2 N–H and O–H groups in total. The number of aromatic nitrogens is 1. The Bertz CT molecular complexity index is 657. The van der Waals surface area contributed by atoms with Gasteiger partial charge in [0.05, 0.1) is 11.3 Å². The Morgan fingerprint density at radius 3 is 2.90 bits per heavy atom. The molecule has 2 rings (SSSR count). The molecule has 1 amide bonds. The van der Waals surface area contributed by atoms with E-state index in [0.717, 1.165) is 0 Å². The fraction of sp³-hybridized carbons (Fsp3) is 0.0714. The number of phenols is 1. The fourth-order valence-electron chi connectivity index (χ4n) is 1.55. The zero-order valence-electron chi connectivity index (χ0n) is 10.7. The minimum Gasteiger partial charge on any atom is -0.507 e. The Balaban J connectivity index is 2.15. The first-order valence-electron chi connectivity index (χ1n) is 5.81. The molecule has 0 spiro atoms. The van der Waals surface area contributed by atoms with Crippen LogP contribution in [-0.2, 0) is 0 Å². The van der Waals surface area contributed by atoms with Gasteiger partial charge in [-0.15, -0.1) is 0 Å². The number of amides is 1. The predicted octanol–water partition coefficient (Wildman–Crippen LogP) is 2.59. The minimum atomic E-state index is -0.376. The third-order valence-corrected chi connectivity index (χ3v) is 2.83. The van der Waals surface area contributed by atoms with Crippen molar-refractivity contribution in [2.75, 3.05) is 0 Å². The third-order valence-electron chi connectivity index (χ3n) is 2.60. The molecule has 0 bridgehead atoms. The Morgan fingerprint density at radius 1 is 1.40 bits per heavy atom. The topological polar surface area (TPSA) is 74.6 Å². The van der Waals surface area contributed by atoms with E-state index in [1.165, 1.54) is 12.3 Å². The van der Waals surface area contributed by atoms with Gasteiger partial charge < -0.3 is 5.11 Å². The number of rotatable bonds is 3. The number of phenolic OH excluding ortho intramolecular Hbond substituents is 1. The number of hydrogen-bond acceptors (Lipinski definition) is 4. The average Bonchev–Trinajstić information content (AvgIpc) is 2.47. The first kappa shape index (κ1) is 14.0. The Kier molecular flexibility index (Phi) is 4.32. The summed E-state index contributed by atoms with van der Waals surface area (Å²) in [4.78, 5) is 15.6. The van der Waals surface area contributed by atoms with E-state index in [2.05, 4.69) is 15.5 Å². The second kappa shape index (κ2) is 6.16. The summed E-state index contributed by atoms with van der Waals surface area (Å²) in [7, 11) is 0. The van der Waals surface area contributed by atoms with Crippen LogP contribution in [0.3, 0.4) is 0 Å². The van der Waals surface area contributed by atoms with E-state index in [4.69, 9.17) is 11.6 Å². The van der Waals surface area contributed by atoms with Crippen LogP contribution in [0.2, 0.25) is 5.02 Å². The highest BCUT2D eigenvalue weighted by atomic mass is 35.5. The van der Waals surface area contributed by atoms with Crippen molar-refractivity contribution >= 4 is 23.2 Å². The second-order valence-electron chi connectivity index (χ2n) is 4.04. The monoisotopic (exact) mass is 289 g/mol. The number of hydrazone groups is 1. The highest BCUT2D eigenvalue weighted by Crippen LogP contribution is 2.21. The molecule has 0 fully saturated rings. The second-order valence-corrected chi connectivity index (χ2v) is 4.48. The van der Waals surface area contributed by atoms with Crippen LogP contribution in [0.25, 0.3) is 0 Å². The summed E-state index contributed by atoms with van der Waals surface area (Å²) in [6.45, 7) is 1.66. The molecule has 0 atom stereocenters. The lowest BCUT2D eigenvalue weighted by Crippen LogP contribution is -2.19. The SMILES string of the molecule is C/C(=N\NC(=O)c1cccnc1)c1cc(Cl)ccc1O. The molecule has 0 saturated carbocycles. The molecule has 0 aliphatic heterocycles. The van der Waals surface area contributed by atoms with Crippen LogP contribution in [-0.4, -0.2) is 21.7 Å². The number of nitrogens with one attached hydrogen (secondary N) is 1. The lowest BCUT2D eigenvalue weighted by Gasteiger charge is -2.05. The van der Waals surface area contributed by atoms with Crippen LogP contribution in [0.4, 0.5) is 0 Å². The van der Waals surface area contributed by atoms with E-state index in [9.17, 15) is 9.90 Å². The zero-order valence-corrected chi connectivity index (χ0v) is 11.4. The van der Waals surface area contributed by atoms with Crippen LogP contribution >= 0.6 is 11.6 Å². The molecule has 0 aliphatic carbocycles. The molecule has 2 aromatic rings. The van der Waals surface area contributed by atoms with Gasteiger partial charge >= 0.3 is 0 Å². The van der Waals surface area contributed by atoms with Crippen molar-refractivity contribution < 1.29 is 9.90 Å². The summed E-state index contributed by atoms with van der Waals surface area (Å²) < 4.78 is 0. The molecule has 20 heavy (non-hydrogen) atoms. The van der Waals surface area contributed by atoms with Gasteiger partial charge in [0.15, 0.2) is 0 Å². The van der Waals surface area contributed by atoms with E-state index >= 15 is 0 Å². The molecule has 0 radical (unpaired) electrons. The van der Waals surface area contributed by atoms with Gasteiger partial charge in [-0.3, -0.25) is 9.78 Å². The standard InChI is InChI=1S/C14H12ClN3O2/c1-9(12-7-11(15)4-5-13(12)19)17-18-14(20)10-3-2-6-16-8-10/h2-8,19H,1H3,(H,18,20)/b17-9+. The molecule has 102 valence electrons. The first-order valence-corrected chi connectivity index (χ1v) is 6.19. The Labute approximate surface area is 120 Å². The molecular formula is C14H12ClN3O2. The maximum absolute atomic E-state index is 11.8. The van der Waals surface area contributed by atoms with Crippen LogP contribution in [0.5, 0.6) is 5.75 Å². The molecule has 1 aromatic heterocycles. The van der Waals surface area contributed by atoms with Crippen LogP contribution < -0.4 is 5.43 Å². The number of benzene rings is 1. The quantitative estimate of drug-likeness (QED) is 0.674. The predicted molar refractivity (Wildman–Crippen MR) is 77.0 cm³/mol. The molecule has 1 aromatic carbocycles. The third kappa shape index (κ3) is 3.33. The van der Waals surface area contributed by atoms with Crippen molar-refractivity contribution in [1.29, 1.82) is 0 Å². The van der Waals surface area contributed by atoms with Gasteiger partial charge in [-0.1, -0.05) is 11.6 Å². The van der Waals surface area contributed by atoms with E-state index in [0.29, 0.717) is 21.9 Å². The van der Waals surface area contributed by atoms with Gasteiger partial charge in [-0.05, 0) is 37.3 Å². The van der Waals surface area contributed by atoms with Gasteiger partial charge in [-0.2, -0.15) is 5.10 Å². The largest absolute Gasteiger partial charge is 0.507 e. The fourth-order valence-corrected chi connectivity index (χ4v) is 1.73. The van der Waals surface area contributed by atoms with Gasteiger partial charge in [0.25, 0.3) is 5.91 Å². The van der Waals surface area contributed by atoms with Crippen molar-refractivity contribution in [2.24, 2.45) is 5.10 Å². The van der Waals surface area contributed by atoms with Crippen molar-refractivity contribution in [3.8, 4) is 5.75 Å². The number of nitrogens with zero attached hydrogens (tertiary/aromatic N) is 2. The maximum Gasteiger partial charge on any atom is 0.272 e. The molecule has 1 heterocycles. The van der Waals surface area contributed by atoms with Crippen molar-refractivity contribution in [3.63, 3.8) is 0 Å². The van der Waals surface area contributed by atoms with E-state index in [1.54, 1.807) is 37.4 Å². The molecule has 0 unspecified atom stereocenters. The van der Waals surface area contributed by atoms with Gasteiger partial charge in [0.2, 0.25) is 0 Å². The Morgan fingerprint density at radius 2 is 2.20 bits per heavy atom. The highest BCUT2D eigenvalue weighted by Gasteiger charge is 2.07. The summed E-state index contributed by atoms with van der Waals surface area (Å²) in [5, 5.41) is 14.1. The lowest BCUT2D eigenvalue weighted by molar-refractivity contribution is 0.0954. The molecule has 0 saturated heterocycles.